The van der Waals surface area contributed by atoms with E-state index < -0.39 is 0 Å². The van der Waals surface area contributed by atoms with Crippen LogP contribution in [0.5, 0.6) is 0 Å². The fourth-order valence-electron chi connectivity index (χ4n) is 2.67. The maximum atomic E-state index is 4.87. The molecule has 0 unspecified atom stereocenters. The van der Waals surface area contributed by atoms with Crippen LogP contribution in [0.4, 0.5) is 0 Å². The van der Waals surface area contributed by atoms with Crippen molar-refractivity contribution < 1.29 is 0 Å². The molecule has 1 heterocycles. The number of nitrogens with one attached hydrogen (secondary N) is 1. The van der Waals surface area contributed by atoms with Crippen molar-refractivity contribution >= 4 is 11.3 Å². The Morgan fingerprint density at radius 1 is 1.28 bits per heavy atom. The summed E-state index contributed by atoms with van der Waals surface area (Å²) in [4.78, 5) is 4.87. The number of nitrogens with zero attached hydrogens (tertiary/aromatic N) is 1. The molecule has 0 aliphatic heterocycles. The van der Waals surface area contributed by atoms with Gasteiger partial charge in [0.15, 0.2) is 0 Å². The Morgan fingerprint density at radius 3 is 2.67 bits per heavy atom. The Balaban J connectivity index is 1.90. The molecular weight excluding hydrogens is 240 g/mol. The second kappa shape index (κ2) is 4.82. The van der Waals surface area contributed by atoms with Gasteiger partial charge < -0.3 is 5.32 Å². The van der Waals surface area contributed by atoms with Gasteiger partial charge in [0.05, 0.1) is 5.69 Å². The van der Waals surface area contributed by atoms with E-state index in [1.807, 2.05) is 24.5 Å². The minimum absolute atomic E-state index is 0.312. The Morgan fingerprint density at radius 2 is 2.06 bits per heavy atom. The van der Waals surface area contributed by atoms with Crippen molar-refractivity contribution in [1.29, 1.82) is 0 Å². The molecule has 1 N–H and O–H groups in total. The molecule has 2 aromatic rings. The summed E-state index contributed by atoms with van der Waals surface area (Å²) in [6.45, 7) is 1.05. The van der Waals surface area contributed by atoms with Gasteiger partial charge in [-0.1, -0.05) is 36.8 Å². The standard InChI is InChI=1S/C15H18N2S/c1-16-11-15(8-5-9-15)14-17-13(10-18-14)12-6-3-2-4-7-12/h2-4,6-7,10,16H,5,8-9,11H2,1H3. The van der Waals surface area contributed by atoms with Crippen molar-refractivity contribution in [3.63, 3.8) is 0 Å². The van der Waals surface area contributed by atoms with Crippen molar-refractivity contribution in [2.24, 2.45) is 0 Å². The Hall–Kier alpha value is -1.19. The van der Waals surface area contributed by atoms with Crippen LogP contribution in [0.25, 0.3) is 11.3 Å². The van der Waals surface area contributed by atoms with Gasteiger partial charge in [0, 0.05) is 22.9 Å². The molecule has 1 saturated carbocycles. The van der Waals surface area contributed by atoms with Gasteiger partial charge in [-0.3, -0.25) is 0 Å². The summed E-state index contributed by atoms with van der Waals surface area (Å²) in [5, 5.41) is 6.83. The fraction of sp³-hybridized carbons (Fsp3) is 0.400. The average molecular weight is 258 g/mol. The van der Waals surface area contributed by atoms with Gasteiger partial charge in [-0.2, -0.15) is 0 Å². The van der Waals surface area contributed by atoms with Crippen molar-refractivity contribution in [1.82, 2.24) is 10.3 Å². The molecule has 0 bridgehead atoms. The van der Waals surface area contributed by atoms with E-state index in [0.717, 1.165) is 12.2 Å². The van der Waals surface area contributed by atoms with E-state index >= 15 is 0 Å². The van der Waals surface area contributed by atoms with Crippen LogP contribution in [0.1, 0.15) is 24.3 Å². The summed E-state index contributed by atoms with van der Waals surface area (Å²) in [6.07, 6.45) is 3.88. The summed E-state index contributed by atoms with van der Waals surface area (Å²) in [5.74, 6) is 0. The van der Waals surface area contributed by atoms with Crippen molar-refractivity contribution in [2.45, 2.75) is 24.7 Å². The topological polar surface area (TPSA) is 24.9 Å². The number of hydrogen-bond donors (Lipinski definition) is 1. The molecule has 0 amide bonds. The molecule has 1 aromatic heterocycles. The number of rotatable bonds is 4. The lowest BCUT2D eigenvalue weighted by Gasteiger charge is -2.40. The van der Waals surface area contributed by atoms with E-state index in [9.17, 15) is 0 Å². The molecule has 0 atom stereocenters. The van der Waals surface area contributed by atoms with Gasteiger partial charge in [0.25, 0.3) is 0 Å². The zero-order chi connectivity index (χ0) is 12.4. The van der Waals surface area contributed by atoms with Gasteiger partial charge in [-0.15, -0.1) is 11.3 Å². The third-order valence-corrected chi connectivity index (χ3v) is 4.94. The van der Waals surface area contributed by atoms with Gasteiger partial charge in [0.2, 0.25) is 0 Å². The predicted molar refractivity (Wildman–Crippen MR) is 77.0 cm³/mol. The lowest BCUT2D eigenvalue weighted by Crippen LogP contribution is -2.42. The molecule has 0 radical (unpaired) electrons. The number of likely N-dealkylation sites (N-methyl/N-ethyl adjacent to an activating group) is 1. The third-order valence-electron chi connectivity index (χ3n) is 3.85. The summed E-state index contributed by atoms with van der Waals surface area (Å²) >= 11 is 1.82. The minimum Gasteiger partial charge on any atom is -0.319 e. The molecule has 94 valence electrons. The van der Waals surface area contributed by atoms with E-state index in [1.165, 1.54) is 29.8 Å². The second-order valence-corrected chi connectivity index (χ2v) is 5.93. The maximum absolute atomic E-state index is 4.87. The molecule has 18 heavy (non-hydrogen) atoms. The summed E-state index contributed by atoms with van der Waals surface area (Å²) in [7, 11) is 2.03. The van der Waals surface area contributed by atoms with E-state index in [0.29, 0.717) is 5.41 Å². The molecule has 1 aliphatic rings. The number of thiazole rings is 1. The number of benzene rings is 1. The Bertz CT molecular complexity index is 514. The van der Waals surface area contributed by atoms with Gasteiger partial charge in [0.1, 0.15) is 5.01 Å². The number of hydrogen-bond acceptors (Lipinski definition) is 3. The highest BCUT2D eigenvalue weighted by Crippen LogP contribution is 2.45. The van der Waals surface area contributed by atoms with Crippen LogP contribution < -0.4 is 5.32 Å². The molecule has 3 heteroatoms. The van der Waals surface area contributed by atoms with Gasteiger partial charge in [-0.05, 0) is 19.9 Å². The van der Waals surface area contributed by atoms with Gasteiger partial charge in [-0.25, -0.2) is 4.98 Å². The van der Waals surface area contributed by atoms with E-state index in [2.05, 4.69) is 35.0 Å². The lowest BCUT2D eigenvalue weighted by molar-refractivity contribution is 0.238. The van der Waals surface area contributed by atoms with Crippen molar-refractivity contribution in [2.75, 3.05) is 13.6 Å². The highest BCUT2D eigenvalue weighted by atomic mass is 32.1. The highest BCUT2D eigenvalue weighted by molar-refractivity contribution is 7.10. The second-order valence-electron chi connectivity index (χ2n) is 5.07. The molecule has 2 nitrogen and oxygen atoms in total. The zero-order valence-electron chi connectivity index (χ0n) is 10.6. The van der Waals surface area contributed by atoms with Crippen LogP contribution in [0.3, 0.4) is 0 Å². The molecule has 0 spiro atoms. The first-order valence-corrected chi connectivity index (χ1v) is 7.38. The van der Waals surface area contributed by atoms with Crippen LogP contribution >= 0.6 is 11.3 Å². The van der Waals surface area contributed by atoms with E-state index in [1.54, 1.807) is 0 Å². The maximum Gasteiger partial charge on any atom is 0.101 e. The Kier molecular flexibility index (Phi) is 3.18. The highest BCUT2D eigenvalue weighted by Gasteiger charge is 2.40. The molecule has 1 aliphatic carbocycles. The summed E-state index contributed by atoms with van der Waals surface area (Å²) in [6, 6.07) is 10.4. The third kappa shape index (κ3) is 1.98. The molecule has 3 rings (SSSR count). The molecule has 1 aromatic carbocycles. The summed E-state index contributed by atoms with van der Waals surface area (Å²) < 4.78 is 0. The van der Waals surface area contributed by atoms with Crippen molar-refractivity contribution in [3.05, 3.63) is 40.7 Å². The SMILES string of the molecule is CNCC1(c2nc(-c3ccccc3)cs2)CCC1. The van der Waals surface area contributed by atoms with E-state index in [4.69, 9.17) is 4.98 Å². The first kappa shape index (κ1) is 11.9. The fourth-order valence-corrected chi connectivity index (χ4v) is 3.76. The summed E-state index contributed by atoms with van der Waals surface area (Å²) in [5.41, 5.74) is 2.66. The predicted octanol–water partition coefficient (Wildman–Crippen LogP) is 3.45. The largest absolute Gasteiger partial charge is 0.319 e. The van der Waals surface area contributed by atoms with Crippen LogP contribution in [0, 0.1) is 0 Å². The minimum atomic E-state index is 0.312. The Labute approximate surface area is 112 Å². The van der Waals surface area contributed by atoms with Crippen LogP contribution in [0.2, 0.25) is 0 Å². The number of aromatic nitrogens is 1. The van der Waals surface area contributed by atoms with Gasteiger partial charge >= 0.3 is 0 Å². The molecule has 0 saturated heterocycles. The van der Waals surface area contributed by atoms with Crippen molar-refractivity contribution in [3.8, 4) is 11.3 Å². The quantitative estimate of drug-likeness (QED) is 0.908. The first-order valence-electron chi connectivity index (χ1n) is 6.50. The normalized spacial score (nSPS) is 17.4. The van der Waals surface area contributed by atoms with Crippen LogP contribution in [0.15, 0.2) is 35.7 Å². The van der Waals surface area contributed by atoms with E-state index in [-0.39, 0.29) is 0 Å². The van der Waals surface area contributed by atoms with Crippen LogP contribution in [-0.4, -0.2) is 18.6 Å². The lowest BCUT2D eigenvalue weighted by atomic mass is 9.69. The molecule has 1 fully saturated rings. The smallest absolute Gasteiger partial charge is 0.101 e. The zero-order valence-corrected chi connectivity index (χ0v) is 11.5. The average Bonchev–Trinajstić information content (AvgIpc) is 2.84. The monoisotopic (exact) mass is 258 g/mol. The molecular formula is C15H18N2S. The first-order chi connectivity index (χ1) is 8.84. The van der Waals surface area contributed by atoms with Crippen LogP contribution in [-0.2, 0) is 5.41 Å².